The van der Waals surface area contributed by atoms with Gasteiger partial charge in [0.1, 0.15) is 0 Å². The van der Waals surface area contributed by atoms with Crippen molar-refractivity contribution in [2.75, 3.05) is 19.5 Å². The fourth-order valence-corrected chi connectivity index (χ4v) is 2.35. The molecule has 2 amide bonds. The minimum atomic E-state index is -0.598. The van der Waals surface area contributed by atoms with Gasteiger partial charge in [0.15, 0.2) is 11.5 Å². The Morgan fingerprint density at radius 2 is 1.69 bits per heavy atom. The summed E-state index contributed by atoms with van der Waals surface area (Å²) < 4.78 is 10.2. The fourth-order valence-electron chi connectivity index (χ4n) is 2.35. The van der Waals surface area contributed by atoms with Crippen LogP contribution in [0.1, 0.15) is 18.4 Å². The number of amides is 2. The number of nitrogens with zero attached hydrogens (tertiary/aromatic N) is 2. The third-order valence-electron chi connectivity index (χ3n) is 3.76. The molecular weight excluding hydrogens is 380 g/mol. The summed E-state index contributed by atoms with van der Waals surface area (Å²) in [7, 11) is 2.76. The number of nitro benzene ring substituents is 1. The number of anilines is 1. The summed E-state index contributed by atoms with van der Waals surface area (Å²) in [5, 5.41) is 17.6. The lowest BCUT2D eigenvalue weighted by Gasteiger charge is -2.08. The van der Waals surface area contributed by atoms with Crippen molar-refractivity contribution in [2.24, 2.45) is 5.10 Å². The number of nitro groups is 1. The van der Waals surface area contributed by atoms with Crippen LogP contribution in [0.5, 0.6) is 11.5 Å². The SMILES string of the molecule is COc1cc(/C=N\NC(=O)CCC(=O)Nc2ccccc2)c([N+](=O)[O-])cc1OC. The van der Waals surface area contributed by atoms with E-state index in [0.717, 1.165) is 6.21 Å². The minimum absolute atomic E-state index is 0.0350. The number of benzene rings is 2. The van der Waals surface area contributed by atoms with Crippen LogP contribution >= 0.6 is 0 Å². The molecule has 0 bridgehead atoms. The normalized spacial score (nSPS) is 10.4. The van der Waals surface area contributed by atoms with E-state index in [4.69, 9.17) is 9.47 Å². The van der Waals surface area contributed by atoms with E-state index in [0.29, 0.717) is 5.69 Å². The van der Waals surface area contributed by atoms with Gasteiger partial charge < -0.3 is 14.8 Å². The summed E-state index contributed by atoms with van der Waals surface area (Å²) in [4.78, 5) is 34.3. The Hall–Kier alpha value is -3.95. The largest absolute Gasteiger partial charge is 0.493 e. The van der Waals surface area contributed by atoms with Gasteiger partial charge in [0.25, 0.3) is 5.69 Å². The average Bonchev–Trinajstić information content (AvgIpc) is 2.72. The van der Waals surface area contributed by atoms with Crippen molar-refractivity contribution < 1.29 is 24.0 Å². The fraction of sp³-hybridized carbons (Fsp3) is 0.211. The molecule has 0 radical (unpaired) electrons. The highest BCUT2D eigenvalue weighted by molar-refractivity contribution is 5.93. The van der Waals surface area contributed by atoms with E-state index in [1.807, 2.05) is 6.07 Å². The highest BCUT2D eigenvalue weighted by Crippen LogP contribution is 2.33. The summed E-state index contributed by atoms with van der Waals surface area (Å²) in [5.74, 6) is -0.341. The number of rotatable bonds is 9. The maximum absolute atomic E-state index is 11.8. The van der Waals surface area contributed by atoms with Gasteiger partial charge in [-0.15, -0.1) is 0 Å². The maximum atomic E-state index is 11.8. The van der Waals surface area contributed by atoms with Gasteiger partial charge in [-0.05, 0) is 18.2 Å². The third kappa shape index (κ3) is 6.31. The molecule has 0 aliphatic carbocycles. The first-order chi connectivity index (χ1) is 13.9. The Morgan fingerprint density at radius 1 is 1.07 bits per heavy atom. The van der Waals surface area contributed by atoms with E-state index in [9.17, 15) is 19.7 Å². The van der Waals surface area contributed by atoms with Crippen molar-refractivity contribution in [3.05, 3.63) is 58.1 Å². The van der Waals surface area contributed by atoms with Crippen molar-refractivity contribution in [3.63, 3.8) is 0 Å². The Morgan fingerprint density at radius 3 is 2.31 bits per heavy atom. The Kier molecular flexibility index (Phi) is 7.66. The quantitative estimate of drug-likeness (QED) is 0.377. The number of hydrogen-bond donors (Lipinski definition) is 2. The zero-order valence-electron chi connectivity index (χ0n) is 15.9. The average molecular weight is 400 g/mol. The predicted octanol–water partition coefficient (Wildman–Crippen LogP) is 2.48. The highest BCUT2D eigenvalue weighted by atomic mass is 16.6. The molecule has 0 heterocycles. The Labute approximate surface area is 166 Å². The molecule has 2 aromatic carbocycles. The van der Waals surface area contributed by atoms with Crippen LogP contribution in [0.3, 0.4) is 0 Å². The van der Waals surface area contributed by atoms with Crippen molar-refractivity contribution in [1.29, 1.82) is 0 Å². The number of nitrogens with one attached hydrogen (secondary N) is 2. The van der Waals surface area contributed by atoms with Crippen LogP contribution in [0.25, 0.3) is 0 Å². The van der Waals surface area contributed by atoms with Gasteiger partial charge >= 0.3 is 0 Å². The summed E-state index contributed by atoms with van der Waals surface area (Å²) in [5.41, 5.74) is 2.73. The molecule has 0 aliphatic rings. The number of carbonyl (C=O) groups is 2. The molecule has 10 heteroatoms. The van der Waals surface area contributed by atoms with Crippen molar-refractivity contribution in [2.45, 2.75) is 12.8 Å². The lowest BCUT2D eigenvalue weighted by molar-refractivity contribution is -0.385. The summed E-state index contributed by atoms with van der Waals surface area (Å²) >= 11 is 0. The molecule has 0 unspecified atom stereocenters. The van der Waals surface area contributed by atoms with Gasteiger partial charge in [-0.1, -0.05) is 18.2 Å². The molecule has 152 valence electrons. The second kappa shape index (κ2) is 10.4. The van der Waals surface area contributed by atoms with Gasteiger partial charge in [0.05, 0.1) is 37.0 Å². The second-order valence-electron chi connectivity index (χ2n) is 5.73. The zero-order chi connectivity index (χ0) is 21.2. The molecule has 0 aromatic heterocycles. The van der Waals surface area contributed by atoms with Crippen molar-refractivity contribution in [1.82, 2.24) is 5.43 Å². The lowest BCUT2D eigenvalue weighted by atomic mass is 10.1. The maximum Gasteiger partial charge on any atom is 0.282 e. The van der Waals surface area contributed by atoms with Crippen LogP contribution in [-0.2, 0) is 9.59 Å². The molecule has 0 fully saturated rings. The lowest BCUT2D eigenvalue weighted by Crippen LogP contribution is -2.20. The summed E-state index contributed by atoms with van der Waals surface area (Å²) in [6, 6.07) is 11.4. The van der Waals surface area contributed by atoms with Crippen molar-refractivity contribution >= 4 is 29.4 Å². The van der Waals surface area contributed by atoms with E-state index >= 15 is 0 Å². The van der Waals surface area contributed by atoms with Gasteiger partial charge in [-0.2, -0.15) is 5.10 Å². The molecule has 0 aliphatic heterocycles. The first-order valence-electron chi connectivity index (χ1n) is 8.51. The second-order valence-corrected chi connectivity index (χ2v) is 5.73. The van der Waals surface area contributed by atoms with Gasteiger partial charge in [0, 0.05) is 18.5 Å². The number of hydrogen-bond acceptors (Lipinski definition) is 7. The number of ether oxygens (including phenoxy) is 2. The van der Waals surface area contributed by atoms with Crippen LogP contribution in [0.15, 0.2) is 47.6 Å². The third-order valence-corrected chi connectivity index (χ3v) is 3.76. The van der Waals surface area contributed by atoms with Crippen LogP contribution in [-0.4, -0.2) is 37.2 Å². The van der Waals surface area contributed by atoms with Gasteiger partial charge in [-0.25, -0.2) is 5.43 Å². The van der Waals surface area contributed by atoms with Crippen LogP contribution in [0.4, 0.5) is 11.4 Å². The molecule has 2 rings (SSSR count). The highest BCUT2D eigenvalue weighted by Gasteiger charge is 2.18. The van der Waals surface area contributed by atoms with E-state index < -0.39 is 10.8 Å². The molecule has 2 aromatic rings. The van der Waals surface area contributed by atoms with Gasteiger partial charge in [0.2, 0.25) is 11.8 Å². The standard InChI is InChI=1S/C19H20N4O6/c1-28-16-10-13(15(23(26)27)11-17(16)29-2)12-20-22-19(25)9-8-18(24)21-14-6-4-3-5-7-14/h3-7,10-12H,8-9H2,1-2H3,(H,21,24)(H,22,25)/b20-12-. The minimum Gasteiger partial charge on any atom is -0.493 e. The Balaban J connectivity index is 1.94. The molecule has 2 N–H and O–H groups in total. The number of para-hydroxylation sites is 1. The van der Waals surface area contributed by atoms with Crippen LogP contribution in [0, 0.1) is 10.1 Å². The van der Waals surface area contributed by atoms with E-state index in [-0.39, 0.29) is 41.5 Å². The monoisotopic (exact) mass is 400 g/mol. The number of methoxy groups -OCH3 is 2. The van der Waals surface area contributed by atoms with Crippen LogP contribution < -0.4 is 20.2 Å². The molecule has 29 heavy (non-hydrogen) atoms. The zero-order valence-corrected chi connectivity index (χ0v) is 15.9. The predicted molar refractivity (Wildman–Crippen MR) is 106 cm³/mol. The van der Waals surface area contributed by atoms with Crippen molar-refractivity contribution in [3.8, 4) is 11.5 Å². The topological polar surface area (TPSA) is 132 Å². The van der Waals surface area contributed by atoms with E-state index in [2.05, 4.69) is 15.8 Å². The number of hydrazone groups is 1. The molecule has 0 saturated carbocycles. The molecule has 0 spiro atoms. The molecule has 0 atom stereocenters. The van der Waals surface area contributed by atoms with E-state index in [1.165, 1.54) is 26.4 Å². The Bertz CT molecular complexity index is 914. The van der Waals surface area contributed by atoms with Crippen LogP contribution in [0.2, 0.25) is 0 Å². The smallest absolute Gasteiger partial charge is 0.282 e. The first kappa shape index (κ1) is 21.4. The first-order valence-corrected chi connectivity index (χ1v) is 8.51. The van der Waals surface area contributed by atoms with Gasteiger partial charge in [-0.3, -0.25) is 19.7 Å². The summed E-state index contributed by atoms with van der Waals surface area (Å²) in [6.07, 6.45) is 0.999. The number of carbonyl (C=O) groups excluding carboxylic acids is 2. The molecule has 0 saturated heterocycles. The summed E-state index contributed by atoms with van der Waals surface area (Å²) in [6.45, 7) is 0. The van der Waals surface area contributed by atoms with E-state index in [1.54, 1.807) is 24.3 Å². The molecular formula is C19H20N4O6. The molecule has 10 nitrogen and oxygen atoms in total.